The van der Waals surface area contributed by atoms with Crippen LogP contribution in [0.5, 0.6) is 0 Å². The molecule has 1 aromatic rings. The topological polar surface area (TPSA) is 23.5 Å². The normalized spacial score (nSPS) is 26.2. The number of nitrogens with zero attached hydrogens (tertiary/aromatic N) is 1. The van der Waals surface area contributed by atoms with E-state index in [0.29, 0.717) is 11.6 Å². The summed E-state index contributed by atoms with van der Waals surface area (Å²) in [5.74, 6) is 0.458. The Balaban J connectivity index is 2.32. The summed E-state index contributed by atoms with van der Waals surface area (Å²) in [7, 11) is 0. The molecular formula is C15H22FNO. The van der Waals surface area contributed by atoms with Crippen molar-refractivity contribution in [3.05, 3.63) is 29.6 Å². The van der Waals surface area contributed by atoms with Crippen LogP contribution in [0.15, 0.2) is 18.2 Å². The number of benzene rings is 1. The minimum absolute atomic E-state index is 0.285. The maximum Gasteiger partial charge on any atom is 0.123 e. The van der Waals surface area contributed by atoms with E-state index in [1.54, 1.807) is 13.0 Å². The largest absolute Gasteiger partial charge is 0.389 e. The van der Waals surface area contributed by atoms with E-state index in [-0.39, 0.29) is 5.82 Å². The molecule has 18 heavy (non-hydrogen) atoms. The Morgan fingerprint density at radius 3 is 2.72 bits per heavy atom. The van der Waals surface area contributed by atoms with Crippen molar-refractivity contribution in [1.82, 2.24) is 0 Å². The van der Waals surface area contributed by atoms with E-state index >= 15 is 0 Å². The fourth-order valence-electron chi connectivity index (χ4n) is 2.89. The van der Waals surface area contributed by atoms with Crippen molar-refractivity contribution in [3.63, 3.8) is 0 Å². The Morgan fingerprint density at radius 2 is 2.11 bits per heavy atom. The minimum Gasteiger partial charge on any atom is -0.389 e. The van der Waals surface area contributed by atoms with E-state index in [1.807, 2.05) is 0 Å². The van der Waals surface area contributed by atoms with E-state index in [0.717, 1.165) is 31.0 Å². The lowest BCUT2D eigenvalue weighted by molar-refractivity contribution is 0.198. The van der Waals surface area contributed by atoms with Crippen LogP contribution in [0.4, 0.5) is 10.1 Å². The first-order chi connectivity index (χ1) is 8.49. The number of anilines is 1. The van der Waals surface area contributed by atoms with Gasteiger partial charge >= 0.3 is 0 Å². The molecule has 0 saturated carbocycles. The second-order valence-corrected chi connectivity index (χ2v) is 5.55. The maximum absolute atomic E-state index is 13.3. The molecule has 1 aromatic carbocycles. The van der Waals surface area contributed by atoms with Crippen LogP contribution in [0.1, 0.15) is 45.3 Å². The van der Waals surface area contributed by atoms with Gasteiger partial charge in [-0.3, -0.25) is 0 Å². The lowest BCUT2D eigenvalue weighted by atomic mass is 9.92. The third-order valence-electron chi connectivity index (χ3n) is 3.89. The van der Waals surface area contributed by atoms with Crippen molar-refractivity contribution in [2.45, 2.75) is 45.8 Å². The Bertz CT molecular complexity index is 419. The average Bonchev–Trinajstić information content (AvgIpc) is 2.29. The quantitative estimate of drug-likeness (QED) is 0.869. The van der Waals surface area contributed by atoms with Gasteiger partial charge in [0.25, 0.3) is 0 Å². The first-order valence-electron chi connectivity index (χ1n) is 6.73. The van der Waals surface area contributed by atoms with Crippen molar-refractivity contribution in [1.29, 1.82) is 0 Å². The number of aliphatic hydroxyl groups excluding tert-OH is 1. The van der Waals surface area contributed by atoms with Gasteiger partial charge in [-0.05, 0) is 50.8 Å². The molecule has 1 heterocycles. The SMILES string of the molecule is CC1CCN(c2ccc(F)cc2[C@H](C)O)C(C)C1. The molecule has 1 aliphatic rings. The van der Waals surface area contributed by atoms with E-state index in [9.17, 15) is 9.50 Å². The molecule has 1 fully saturated rings. The minimum atomic E-state index is -0.637. The molecule has 0 radical (unpaired) electrons. The summed E-state index contributed by atoms with van der Waals surface area (Å²) in [6.45, 7) is 7.14. The van der Waals surface area contributed by atoms with Gasteiger partial charge in [-0.15, -0.1) is 0 Å². The van der Waals surface area contributed by atoms with Crippen LogP contribution in [-0.4, -0.2) is 17.7 Å². The summed E-state index contributed by atoms with van der Waals surface area (Å²) in [6.07, 6.45) is 1.67. The molecule has 2 nitrogen and oxygen atoms in total. The first-order valence-corrected chi connectivity index (χ1v) is 6.73. The van der Waals surface area contributed by atoms with Crippen LogP contribution >= 0.6 is 0 Å². The summed E-state index contributed by atoms with van der Waals surface area (Å²) in [6, 6.07) is 5.16. The molecule has 0 amide bonds. The molecule has 1 saturated heterocycles. The zero-order valence-corrected chi connectivity index (χ0v) is 11.4. The lowest BCUT2D eigenvalue weighted by Gasteiger charge is -2.39. The van der Waals surface area contributed by atoms with Crippen LogP contribution in [0.2, 0.25) is 0 Å². The van der Waals surface area contributed by atoms with E-state index in [1.165, 1.54) is 12.1 Å². The molecule has 1 aliphatic heterocycles. The van der Waals surface area contributed by atoms with Gasteiger partial charge in [0.1, 0.15) is 5.82 Å². The van der Waals surface area contributed by atoms with Crippen LogP contribution in [0.25, 0.3) is 0 Å². The van der Waals surface area contributed by atoms with Gasteiger partial charge < -0.3 is 10.0 Å². The molecule has 0 bridgehead atoms. The summed E-state index contributed by atoms with van der Waals surface area (Å²) in [4.78, 5) is 2.29. The van der Waals surface area contributed by atoms with Crippen LogP contribution in [0.3, 0.4) is 0 Å². The number of hydrogen-bond acceptors (Lipinski definition) is 2. The van der Waals surface area contributed by atoms with Gasteiger partial charge in [-0.2, -0.15) is 0 Å². The summed E-state index contributed by atoms with van der Waals surface area (Å²) < 4.78 is 13.3. The Hall–Kier alpha value is -1.09. The third kappa shape index (κ3) is 2.66. The number of halogens is 1. The maximum atomic E-state index is 13.3. The summed E-state index contributed by atoms with van der Waals surface area (Å²) >= 11 is 0. The lowest BCUT2D eigenvalue weighted by Crippen LogP contribution is -2.40. The van der Waals surface area contributed by atoms with Crippen molar-refractivity contribution in [2.24, 2.45) is 5.92 Å². The standard InChI is InChI=1S/C15H22FNO/c1-10-6-7-17(11(2)8-10)15-5-4-13(16)9-14(15)12(3)18/h4-5,9-12,18H,6-8H2,1-3H3/t10?,11?,12-/m0/s1. The van der Waals surface area contributed by atoms with Crippen LogP contribution in [-0.2, 0) is 0 Å². The monoisotopic (exact) mass is 251 g/mol. The highest BCUT2D eigenvalue weighted by Crippen LogP contribution is 2.33. The highest BCUT2D eigenvalue weighted by Gasteiger charge is 2.25. The van der Waals surface area contributed by atoms with Gasteiger partial charge in [0.2, 0.25) is 0 Å². The molecule has 2 rings (SSSR count). The van der Waals surface area contributed by atoms with Crippen LogP contribution < -0.4 is 4.90 Å². The zero-order chi connectivity index (χ0) is 13.3. The molecule has 3 atom stereocenters. The van der Waals surface area contributed by atoms with Crippen molar-refractivity contribution in [3.8, 4) is 0 Å². The predicted octanol–water partition coefficient (Wildman–Crippen LogP) is 3.50. The third-order valence-corrected chi connectivity index (χ3v) is 3.89. The number of rotatable bonds is 2. The summed E-state index contributed by atoms with van der Waals surface area (Å²) in [5.41, 5.74) is 1.67. The molecule has 0 aromatic heterocycles. The Kier molecular flexibility index (Phi) is 3.91. The van der Waals surface area contributed by atoms with Gasteiger partial charge in [0, 0.05) is 23.8 Å². The highest BCUT2D eigenvalue weighted by molar-refractivity contribution is 5.55. The smallest absolute Gasteiger partial charge is 0.123 e. The number of aliphatic hydroxyl groups is 1. The average molecular weight is 251 g/mol. The van der Waals surface area contributed by atoms with Crippen molar-refractivity contribution < 1.29 is 9.50 Å². The predicted molar refractivity (Wildman–Crippen MR) is 72.2 cm³/mol. The molecule has 2 unspecified atom stereocenters. The van der Waals surface area contributed by atoms with Gasteiger partial charge in [-0.25, -0.2) is 4.39 Å². The van der Waals surface area contributed by atoms with Gasteiger partial charge in [-0.1, -0.05) is 6.92 Å². The fraction of sp³-hybridized carbons (Fsp3) is 0.600. The zero-order valence-electron chi connectivity index (χ0n) is 11.4. The molecule has 0 aliphatic carbocycles. The van der Waals surface area contributed by atoms with Gasteiger partial charge in [0.05, 0.1) is 6.10 Å². The molecule has 1 N–H and O–H groups in total. The van der Waals surface area contributed by atoms with Crippen LogP contribution in [0, 0.1) is 11.7 Å². The molecular weight excluding hydrogens is 229 g/mol. The highest BCUT2D eigenvalue weighted by atomic mass is 19.1. The first kappa shape index (κ1) is 13.3. The second-order valence-electron chi connectivity index (χ2n) is 5.55. The van der Waals surface area contributed by atoms with Crippen molar-refractivity contribution in [2.75, 3.05) is 11.4 Å². The number of hydrogen-bond donors (Lipinski definition) is 1. The Labute approximate surface area is 108 Å². The van der Waals surface area contributed by atoms with E-state index < -0.39 is 6.10 Å². The van der Waals surface area contributed by atoms with Crippen molar-refractivity contribution >= 4 is 5.69 Å². The number of piperidine rings is 1. The molecule has 3 heteroatoms. The Morgan fingerprint density at radius 1 is 1.39 bits per heavy atom. The van der Waals surface area contributed by atoms with E-state index in [4.69, 9.17) is 0 Å². The fourth-order valence-corrected chi connectivity index (χ4v) is 2.89. The van der Waals surface area contributed by atoms with E-state index in [2.05, 4.69) is 18.7 Å². The second kappa shape index (κ2) is 5.27. The van der Waals surface area contributed by atoms with Gasteiger partial charge in [0.15, 0.2) is 0 Å². The summed E-state index contributed by atoms with van der Waals surface area (Å²) in [5, 5.41) is 9.80. The molecule has 100 valence electrons. The molecule has 0 spiro atoms.